The van der Waals surface area contributed by atoms with E-state index in [0.717, 1.165) is 16.8 Å². The van der Waals surface area contributed by atoms with E-state index in [1.165, 1.54) is 0 Å². The molecule has 0 saturated heterocycles. The number of amides is 1. The highest BCUT2D eigenvalue weighted by molar-refractivity contribution is 6.31. The van der Waals surface area contributed by atoms with Crippen molar-refractivity contribution < 1.29 is 4.79 Å². The van der Waals surface area contributed by atoms with Crippen LogP contribution in [0.25, 0.3) is 0 Å². The summed E-state index contributed by atoms with van der Waals surface area (Å²) < 4.78 is 0. The van der Waals surface area contributed by atoms with Gasteiger partial charge >= 0.3 is 0 Å². The minimum absolute atomic E-state index is 0.0520. The molecule has 0 aromatic heterocycles. The first-order valence-corrected chi connectivity index (χ1v) is 6.26. The topological polar surface area (TPSA) is 29.1 Å². The molecule has 0 bridgehead atoms. The van der Waals surface area contributed by atoms with Crippen LogP contribution in [0.3, 0.4) is 0 Å². The van der Waals surface area contributed by atoms with Crippen LogP contribution in [0.2, 0.25) is 5.02 Å². The molecule has 1 N–H and O–H groups in total. The lowest BCUT2D eigenvalue weighted by molar-refractivity contribution is -0.117. The standard InChI is InChI=1S/C15H12ClNO/c16-11-6-7-14-12(9-11)13(15(18)17-14)8-10-4-2-1-3-5-10/h1-7,9,13H,8H2,(H,17,18). The molecule has 0 radical (unpaired) electrons. The third-order valence-electron chi connectivity index (χ3n) is 3.25. The smallest absolute Gasteiger partial charge is 0.232 e. The number of benzene rings is 2. The van der Waals surface area contributed by atoms with Gasteiger partial charge < -0.3 is 5.32 Å². The van der Waals surface area contributed by atoms with Crippen molar-refractivity contribution in [2.45, 2.75) is 12.3 Å². The molecule has 2 nitrogen and oxygen atoms in total. The van der Waals surface area contributed by atoms with E-state index in [2.05, 4.69) is 5.32 Å². The van der Waals surface area contributed by atoms with Gasteiger partial charge in [0.2, 0.25) is 5.91 Å². The third kappa shape index (κ3) is 2.00. The van der Waals surface area contributed by atoms with E-state index in [9.17, 15) is 4.79 Å². The lowest BCUT2D eigenvalue weighted by Gasteiger charge is -2.08. The summed E-state index contributed by atoms with van der Waals surface area (Å²) in [4.78, 5) is 12.0. The van der Waals surface area contributed by atoms with Crippen molar-refractivity contribution in [1.82, 2.24) is 0 Å². The first kappa shape index (κ1) is 11.3. The number of hydrogen-bond donors (Lipinski definition) is 1. The van der Waals surface area contributed by atoms with Gasteiger partial charge in [-0.1, -0.05) is 41.9 Å². The summed E-state index contributed by atoms with van der Waals surface area (Å²) in [5.41, 5.74) is 3.03. The van der Waals surface area contributed by atoms with Crippen LogP contribution >= 0.6 is 11.6 Å². The van der Waals surface area contributed by atoms with Crippen molar-refractivity contribution in [2.24, 2.45) is 0 Å². The number of anilines is 1. The number of carbonyl (C=O) groups excluding carboxylic acids is 1. The molecule has 2 aromatic carbocycles. The lowest BCUT2D eigenvalue weighted by atomic mass is 9.93. The quantitative estimate of drug-likeness (QED) is 0.875. The molecule has 0 spiro atoms. The number of nitrogens with one attached hydrogen (secondary N) is 1. The fraction of sp³-hybridized carbons (Fsp3) is 0.133. The minimum Gasteiger partial charge on any atom is -0.325 e. The van der Waals surface area contributed by atoms with Crippen LogP contribution in [0.1, 0.15) is 17.0 Å². The average Bonchev–Trinajstić information content (AvgIpc) is 2.67. The number of hydrogen-bond acceptors (Lipinski definition) is 1. The molecule has 0 saturated carbocycles. The SMILES string of the molecule is O=C1Nc2ccc(Cl)cc2C1Cc1ccccc1. The Hall–Kier alpha value is -1.80. The van der Waals surface area contributed by atoms with Gasteiger partial charge in [0.25, 0.3) is 0 Å². The maximum atomic E-state index is 12.0. The van der Waals surface area contributed by atoms with Crippen LogP contribution in [0, 0.1) is 0 Å². The third-order valence-corrected chi connectivity index (χ3v) is 3.48. The highest BCUT2D eigenvalue weighted by atomic mass is 35.5. The Morgan fingerprint density at radius 3 is 2.67 bits per heavy atom. The largest absolute Gasteiger partial charge is 0.325 e. The van der Waals surface area contributed by atoms with E-state index < -0.39 is 0 Å². The molecule has 0 fully saturated rings. The van der Waals surface area contributed by atoms with Crippen LogP contribution in [0.4, 0.5) is 5.69 Å². The summed E-state index contributed by atoms with van der Waals surface area (Å²) in [5.74, 6) is -0.0859. The van der Waals surface area contributed by atoms with Gasteiger partial charge in [0.15, 0.2) is 0 Å². The van der Waals surface area contributed by atoms with Crippen molar-refractivity contribution in [2.75, 3.05) is 5.32 Å². The van der Waals surface area contributed by atoms with Gasteiger partial charge in [-0.3, -0.25) is 4.79 Å². The Kier molecular flexibility index (Phi) is 2.80. The molecule has 3 heteroatoms. The molecule has 0 aliphatic carbocycles. The Labute approximate surface area is 111 Å². The van der Waals surface area contributed by atoms with Crippen molar-refractivity contribution in [3.63, 3.8) is 0 Å². The van der Waals surface area contributed by atoms with Crippen molar-refractivity contribution in [3.8, 4) is 0 Å². The second-order valence-electron chi connectivity index (χ2n) is 4.46. The van der Waals surface area contributed by atoms with E-state index in [0.29, 0.717) is 11.4 Å². The highest BCUT2D eigenvalue weighted by Gasteiger charge is 2.30. The van der Waals surface area contributed by atoms with Gasteiger partial charge in [0, 0.05) is 10.7 Å². The molecule has 2 aromatic rings. The Bertz CT molecular complexity index is 595. The van der Waals surface area contributed by atoms with E-state index >= 15 is 0 Å². The summed E-state index contributed by atoms with van der Waals surface area (Å²) in [6.45, 7) is 0. The number of rotatable bonds is 2. The van der Waals surface area contributed by atoms with E-state index in [4.69, 9.17) is 11.6 Å². The van der Waals surface area contributed by atoms with E-state index in [1.54, 1.807) is 6.07 Å². The van der Waals surface area contributed by atoms with Gasteiger partial charge in [0.05, 0.1) is 5.92 Å². The second-order valence-corrected chi connectivity index (χ2v) is 4.90. The first-order chi connectivity index (χ1) is 8.74. The Morgan fingerprint density at radius 2 is 1.89 bits per heavy atom. The predicted molar refractivity (Wildman–Crippen MR) is 73.0 cm³/mol. The highest BCUT2D eigenvalue weighted by Crippen LogP contribution is 2.36. The summed E-state index contributed by atoms with van der Waals surface area (Å²) in [7, 11) is 0. The number of fused-ring (bicyclic) bond motifs is 1. The number of halogens is 1. The molecule has 1 aliphatic heterocycles. The maximum Gasteiger partial charge on any atom is 0.232 e. The van der Waals surface area contributed by atoms with Crippen molar-refractivity contribution >= 4 is 23.2 Å². The molecule has 18 heavy (non-hydrogen) atoms. The summed E-state index contributed by atoms with van der Waals surface area (Å²) in [6, 6.07) is 15.6. The van der Waals surface area contributed by atoms with Gasteiger partial charge in [-0.05, 0) is 35.7 Å². The average molecular weight is 258 g/mol. The Balaban J connectivity index is 1.94. The Morgan fingerprint density at radius 1 is 1.11 bits per heavy atom. The van der Waals surface area contributed by atoms with Gasteiger partial charge in [0.1, 0.15) is 0 Å². The van der Waals surface area contributed by atoms with Crippen LogP contribution in [-0.2, 0) is 11.2 Å². The monoisotopic (exact) mass is 257 g/mol. The van der Waals surface area contributed by atoms with Gasteiger partial charge in [-0.15, -0.1) is 0 Å². The minimum atomic E-state index is -0.138. The molecule has 1 unspecified atom stereocenters. The molecular weight excluding hydrogens is 246 g/mol. The molecule has 1 amide bonds. The maximum absolute atomic E-state index is 12.0. The molecule has 1 aliphatic rings. The normalized spacial score (nSPS) is 17.4. The second kappa shape index (κ2) is 4.46. The first-order valence-electron chi connectivity index (χ1n) is 5.88. The zero-order chi connectivity index (χ0) is 12.5. The van der Waals surface area contributed by atoms with Crippen molar-refractivity contribution in [1.29, 1.82) is 0 Å². The van der Waals surface area contributed by atoms with Gasteiger partial charge in [-0.25, -0.2) is 0 Å². The summed E-state index contributed by atoms with van der Waals surface area (Å²) >= 11 is 6.00. The zero-order valence-corrected chi connectivity index (χ0v) is 10.4. The fourth-order valence-electron chi connectivity index (χ4n) is 2.35. The summed E-state index contributed by atoms with van der Waals surface area (Å²) in [5, 5.41) is 3.57. The summed E-state index contributed by atoms with van der Waals surface area (Å²) in [6.07, 6.45) is 0.708. The molecular formula is C15H12ClNO. The van der Waals surface area contributed by atoms with E-state index in [1.807, 2.05) is 42.5 Å². The molecule has 90 valence electrons. The van der Waals surface area contributed by atoms with Gasteiger partial charge in [-0.2, -0.15) is 0 Å². The predicted octanol–water partition coefficient (Wildman–Crippen LogP) is 3.62. The van der Waals surface area contributed by atoms with Crippen LogP contribution in [0.5, 0.6) is 0 Å². The number of carbonyl (C=O) groups is 1. The fourth-order valence-corrected chi connectivity index (χ4v) is 2.53. The van der Waals surface area contributed by atoms with E-state index in [-0.39, 0.29) is 11.8 Å². The molecule has 1 atom stereocenters. The van der Waals surface area contributed by atoms with Crippen LogP contribution < -0.4 is 5.32 Å². The molecule has 1 heterocycles. The van der Waals surface area contributed by atoms with Crippen LogP contribution in [0.15, 0.2) is 48.5 Å². The zero-order valence-electron chi connectivity index (χ0n) is 9.69. The van der Waals surface area contributed by atoms with Crippen molar-refractivity contribution in [3.05, 3.63) is 64.7 Å². The van der Waals surface area contributed by atoms with Crippen LogP contribution in [-0.4, -0.2) is 5.91 Å². The molecule has 3 rings (SSSR count). The lowest BCUT2D eigenvalue weighted by Crippen LogP contribution is -2.14.